The lowest BCUT2D eigenvalue weighted by molar-refractivity contribution is -0.417. The van der Waals surface area contributed by atoms with Crippen molar-refractivity contribution in [3.8, 4) is 0 Å². The normalized spacial score (nSPS) is 67.6. The van der Waals surface area contributed by atoms with Crippen LogP contribution in [0.4, 0.5) is 0 Å². The van der Waals surface area contributed by atoms with Gasteiger partial charge in [-0.3, -0.25) is 4.52 Å². The van der Waals surface area contributed by atoms with Crippen LogP contribution in [0, 0.1) is 0 Å². The standard InChI is InChI=1S/C6H7NO8P2/c8-16-10-4-2-1-3-7-6(5(4,11-16)12-16)13-17(9,14-6)15-7/h4H,1-3H2. The van der Waals surface area contributed by atoms with Gasteiger partial charge in [-0.2, -0.15) is 4.62 Å². The molecule has 0 N–H and O–H groups in total. The molecule has 0 aliphatic carbocycles. The molecule has 0 saturated carbocycles. The lowest BCUT2D eigenvalue weighted by Gasteiger charge is -2.48. The summed E-state index contributed by atoms with van der Waals surface area (Å²) in [7, 11) is -6.96. The van der Waals surface area contributed by atoms with Crippen molar-refractivity contribution in [2.45, 2.75) is 30.6 Å². The number of phosphoric acid groups is 2. The van der Waals surface area contributed by atoms with Gasteiger partial charge in [-0.15, -0.1) is 5.06 Å². The van der Waals surface area contributed by atoms with Crippen molar-refractivity contribution in [3.63, 3.8) is 0 Å². The fourth-order valence-corrected chi connectivity index (χ4v) is 6.14. The fourth-order valence-electron chi connectivity index (χ4n) is 2.80. The highest BCUT2D eigenvalue weighted by molar-refractivity contribution is 7.51. The molecular formula is C6H7NO8P2. The zero-order chi connectivity index (χ0) is 11.5. The molecular weight excluding hydrogens is 276 g/mol. The maximum Gasteiger partial charge on any atom is 0.499 e. The molecule has 7 rings (SSSR count). The molecule has 0 radical (unpaired) electrons. The summed E-state index contributed by atoms with van der Waals surface area (Å²) in [6, 6.07) is 0. The van der Waals surface area contributed by atoms with Gasteiger partial charge in [-0.25, -0.2) is 27.2 Å². The van der Waals surface area contributed by atoms with Gasteiger partial charge >= 0.3 is 21.6 Å². The van der Waals surface area contributed by atoms with Crippen LogP contribution in [0.25, 0.3) is 0 Å². The summed E-state index contributed by atoms with van der Waals surface area (Å²) in [4.78, 5) is 0. The zero-order valence-corrected chi connectivity index (χ0v) is 10.1. The van der Waals surface area contributed by atoms with Crippen molar-refractivity contribution in [2.75, 3.05) is 6.54 Å². The van der Waals surface area contributed by atoms with Gasteiger partial charge in [-0.05, 0) is 12.8 Å². The summed E-state index contributed by atoms with van der Waals surface area (Å²) < 4.78 is 54.4. The van der Waals surface area contributed by atoms with E-state index >= 15 is 0 Å². The first-order valence-corrected chi connectivity index (χ1v) is 8.10. The Balaban J connectivity index is 1.68. The summed E-state index contributed by atoms with van der Waals surface area (Å²) in [5, 5.41) is 1.30. The third-order valence-corrected chi connectivity index (χ3v) is 6.28. The lowest BCUT2D eigenvalue weighted by atomic mass is 10.0. The van der Waals surface area contributed by atoms with Gasteiger partial charge in [0.1, 0.15) is 6.10 Å². The van der Waals surface area contributed by atoms with Crippen molar-refractivity contribution in [1.82, 2.24) is 5.06 Å². The molecule has 0 aromatic heterocycles. The van der Waals surface area contributed by atoms with Crippen LogP contribution in [0.5, 0.6) is 0 Å². The van der Waals surface area contributed by atoms with Crippen molar-refractivity contribution in [3.05, 3.63) is 0 Å². The van der Waals surface area contributed by atoms with E-state index in [1.165, 1.54) is 5.06 Å². The Bertz CT molecular complexity index is 468. The molecule has 1 unspecified atom stereocenters. The minimum Gasteiger partial charge on any atom is -0.277 e. The first-order valence-electron chi connectivity index (χ1n) is 5.18. The van der Waals surface area contributed by atoms with E-state index in [4.69, 9.17) is 27.2 Å². The second kappa shape index (κ2) is 2.43. The van der Waals surface area contributed by atoms with Crippen molar-refractivity contribution in [1.29, 1.82) is 0 Å². The first kappa shape index (κ1) is 10.0. The number of nitrogens with zero attached hydrogens (tertiary/aromatic N) is 1. The molecule has 7 saturated heterocycles. The van der Waals surface area contributed by atoms with Crippen LogP contribution in [-0.4, -0.2) is 29.4 Å². The van der Waals surface area contributed by atoms with Crippen molar-refractivity contribution < 1.29 is 36.4 Å². The van der Waals surface area contributed by atoms with Gasteiger partial charge < -0.3 is 0 Å². The Labute approximate surface area is 95.0 Å². The Morgan fingerprint density at radius 2 is 1.88 bits per heavy atom. The molecule has 1 atom stereocenters. The first-order chi connectivity index (χ1) is 8.00. The van der Waals surface area contributed by atoms with Crippen LogP contribution in [-0.2, 0) is 36.4 Å². The highest BCUT2D eigenvalue weighted by atomic mass is 31.2. The molecule has 17 heavy (non-hydrogen) atoms. The summed E-state index contributed by atoms with van der Waals surface area (Å²) in [6.07, 6.45) is 0.685. The van der Waals surface area contributed by atoms with Crippen LogP contribution in [0.15, 0.2) is 0 Å². The monoisotopic (exact) mass is 283 g/mol. The zero-order valence-electron chi connectivity index (χ0n) is 8.31. The SMILES string of the molecule is O=P12OC3CCCN4OP5(=O)OC4(O5)C3(O1)O2. The van der Waals surface area contributed by atoms with Gasteiger partial charge in [-0.1, -0.05) is 0 Å². The maximum atomic E-state index is 11.7. The van der Waals surface area contributed by atoms with E-state index in [2.05, 4.69) is 0 Å². The minimum atomic E-state index is -3.50. The number of rotatable bonds is 0. The predicted octanol–water partition coefficient (Wildman–Crippen LogP) is 1.09. The lowest BCUT2D eigenvalue weighted by Crippen LogP contribution is -2.70. The molecule has 7 heterocycles. The molecule has 2 spiro atoms. The van der Waals surface area contributed by atoms with Crippen LogP contribution in [0.3, 0.4) is 0 Å². The molecule has 0 aromatic rings. The van der Waals surface area contributed by atoms with Crippen molar-refractivity contribution >= 4 is 15.6 Å². The Hall–Kier alpha value is 0.180. The van der Waals surface area contributed by atoms with E-state index in [0.717, 1.165) is 0 Å². The van der Waals surface area contributed by atoms with Gasteiger partial charge in [0.15, 0.2) is 0 Å². The molecule has 7 aliphatic rings. The van der Waals surface area contributed by atoms with Crippen LogP contribution >= 0.6 is 15.6 Å². The molecule has 9 nitrogen and oxygen atoms in total. The second-order valence-corrected chi connectivity index (χ2v) is 7.32. The van der Waals surface area contributed by atoms with E-state index < -0.39 is 33.4 Å². The Morgan fingerprint density at radius 1 is 1.12 bits per heavy atom. The van der Waals surface area contributed by atoms with Crippen LogP contribution in [0.2, 0.25) is 0 Å². The highest BCUT2D eigenvalue weighted by Gasteiger charge is 2.92. The smallest absolute Gasteiger partial charge is 0.277 e. The average Bonchev–Trinajstić information content (AvgIpc) is 2.76. The molecule has 7 aliphatic heterocycles. The van der Waals surface area contributed by atoms with Gasteiger partial charge in [0.25, 0.3) is 5.79 Å². The van der Waals surface area contributed by atoms with E-state index in [9.17, 15) is 9.13 Å². The molecule has 94 valence electrons. The maximum absolute atomic E-state index is 11.7. The molecule has 0 aromatic carbocycles. The summed E-state index contributed by atoms with van der Waals surface area (Å²) in [6.45, 7) is 0.447. The second-order valence-electron chi connectivity index (χ2n) is 4.43. The quantitative estimate of drug-likeness (QED) is 0.605. The van der Waals surface area contributed by atoms with Gasteiger partial charge in [0.05, 0.1) is 0 Å². The molecule has 4 bridgehead atoms. The predicted molar refractivity (Wildman–Crippen MR) is 46.9 cm³/mol. The molecule has 11 heteroatoms. The molecule has 7 fully saturated rings. The summed E-state index contributed by atoms with van der Waals surface area (Å²) in [5.74, 6) is -2.97. The van der Waals surface area contributed by atoms with Crippen molar-refractivity contribution in [2.24, 2.45) is 0 Å². The number of hydrogen-bond donors (Lipinski definition) is 0. The van der Waals surface area contributed by atoms with Crippen LogP contribution in [0.1, 0.15) is 12.8 Å². The number of hydrogen-bond acceptors (Lipinski definition) is 9. The van der Waals surface area contributed by atoms with E-state index in [1.54, 1.807) is 0 Å². The Kier molecular flexibility index (Phi) is 1.43. The largest absolute Gasteiger partial charge is 0.499 e. The van der Waals surface area contributed by atoms with Gasteiger partial charge in [0, 0.05) is 6.54 Å². The van der Waals surface area contributed by atoms with E-state index in [0.29, 0.717) is 19.4 Å². The van der Waals surface area contributed by atoms with Gasteiger partial charge in [0.2, 0.25) is 0 Å². The minimum absolute atomic E-state index is 0.447. The summed E-state index contributed by atoms with van der Waals surface area (Å²) in [5.41, 5.74) is 0. The third-order valence-electron chi connectivity index (χ3n) is 3.44. The number of phosphoric ester groups is 2. The average molecular weight is 283 g/mol. The number of hydroxylamine groups is 2. The third kappa shape index (κ3) is 0.869. The van der Waals surface area contributed by atoms with Crippen LogP contribution < -0.4 is 0 Å². The Morgan fingerprint density at radius 3 is 2.65 bits per heavy atom. The molecule has 0 amide bonds. The highest BCUT2D eigenvalue weighted by Crippen LogP contribution is 2.86. The van der Waals surface area contributed by atoms with E-state index in [1.807, 2.05) is 0 Å². The van der Waals surface area contributed by atoms with E-state index in [-0.39, 0.29) is 0 Å². The summed E-state index contributed by atoms with van der Waals surface area (Å²) >= 11 is 0. The fraction of sp³-hybridized carbons (Fsp3) is 1.00. The topological polar surface area (TPSA) is 92.8 Å².